The Balaban J connectivity index is 2.34. The van der Waals surface area contributed by atoms with Crippen molar-refractivity contribution < 1.29 is 4.39 Å². The van der Waals surface area contributed by atoms with E-state index in [0.717, 1.165) is 30.3 Å². The molecule has 0 saturated carbocycles. The lowest BCUT2D eigenvalue weighted by atomic mass is 10.0. The lowest BCUT2D eigenvalue weighted by Crippen LogP contribution is -2.34. The summed E-state index contributed by atoms with van der Waals surface area (Å²) in [5.41, 5.74) is 7.47. The molecule has 0 radical (unpaired) electrons. The number of nitrogens with zero attached hydrogens (tertiary/aromatic N) is 1. The highest BCUT2D eigenvalue weighted by atomic mass is 32.2. The van der Waals surface area contributed by atoms with Gasteiger partial charge in [-0.15, -0.1) is 0 Å². The van der Waals surface area contributed by atoms with Crippen LogP contribution < -0.4 is 10.6 Å². The topological polar surface area (TPSA) is 29.3 Å². The SMILES string of the molecule is C[C@@H](N)c1c(F)cccc1N1CCSCC1. The largest absolute Gasteiger partial charge is 0.370 e. The van der Waals surface area contributed by atoms with Gasteiger partial charge in [0.15, 0.2) is 0 Å². The molecule has 2 nitrogen and oxygen atoms in total. The highest BCUT2D eigenvalue weighted by Gasteiger charge is 2.18. The van der Waals surface area contributed by atoms with E-state index in [-0.39, 0.29) is 11.9 Å². The predicted octanol–water partition coefficient (Wildman–Crippen LogP) is 2.40. The molecule has 1 fully saturated rings. The Labute approximate surface area is 100 Å². The fourth-order valence-corrected chi connectivity index (χ4v) is 2.96. The summed E-state index contributed by atoms with van der Waals surface area (Å²) in [5.74, 6) is 2.02. The van der Waals surface area contributed by atoms with E-state index < -0.39 is 0 Å². The first-order valence-electron chi connectivity index (χ1n) is 5.57. The molecule has 1 aromatic carbocycles. The minimum Gasteiger partial charge on any atom is -0.370 e. The summed E-state index contributed by atoms with van der Waals surface area (Å²) in [5, 5.41) is 0. The number of thioether (sulfide) groups is 1. The van der Waals surface area contributed by atoms with Gasteiger partial charge in [-0.1, -0.05) is 6.07 Å². The van der Waals surface area contributed by atoms with Gasteiger partial charge in [0.25, 0.3) is 0 Å². The summed E-state index contributed by atoms with van der Waals surface area (Å²) in [6.07, 6.45) is 0. The zero-order valence-corrected chi connectivity index (χ0v) is 10.3. The van der Waals surface area contributed by atoms with Crippen LogP contribution in [0.25, 0.3) is 0 Å². The van der Waals surface area contributed by atoms with Crippen LogP contribution in [0.4, 0.5) is 10.1 Å². The third-order valence-electron chi connectivity index (χ3n) is 2.84. The Bertz CT molecular complexity index is 362. The molecule has 0 unspecified atom stereocenters. The normalized spacial score (nSPS) is 18.6. The fourth-order valence-electron chi connectivity index (χ4n) is 2.06. The van der Waals surface area contributed by atoms with Crippen molar-refractivity contribution in [1.29, 1.82) is 0 Å². The number of hydrogen-bond acceptors (Lipinski definition) is 3. The first-order valence-corrected chi connectivity index (χ1v) is 6.72. The molecule has 1 saturated heterocycles. The first kappa shape index (κ1) is 11.7. The van der Waals surface area contributed by atoms with Gasteiger partial charge < -0.3 is 10.6 Å². The van der Waals surface area contributed by atoms with Gasteiger partial charge in [0.1, 0.15) is 5.82 Å². The van der Waals surface area contributed by atoms with E-state index in [1.807, 2.05) is 24.8 Å². The molecule has 1 aliphatic rings. The maximum Gasteiger partial charge on any atom is 0.130 e. The van der Waals surface area contributed by atoms with Crippen molar-refractivity contribution in [2.24, 2.45) is 5.73 Å². The van der Waals surface area contributed by atoms with Crippen LogP contribution in [0.2, 0.25) is 0 Å². The smallest absolute Gasteiger partial charge is 0.130 e. The molecule has 0 spiro atoms. The Hall–Kier alpha value is -0.740. The fraction of sp³-hybridized carbons (Fsp3) is 0.500. The number of rotatable bonds is 2. The molecule has 0 bridgehead atoms. The lowest BCUT2D eigenvalue weighted by Gasteiger charge is -2.31. The summed E-state index contributed by atoms with van der Waals surface area (Å²) in [7, 11) is 0. The van der Waals surface area contributed by atoms with Crippen molar-refractivity contribution in [3.63, 3.8) is 0 Å². The number of halogens is 1. The van der Waals surface area contributed by atoms with Crippen LogP contribution in [0.15, 0.2) is 18.2 Å². The minimum atomic E-state index is -0.259. The van der Waals surface area contributed by atoms with Crippen LogP contribution >= 0.6 is 11.8 Å². The maximum atomic E-state index is 13.7. The molecule has 0 aromatic heterocycles. The quantitative estimate of drug-likeness (QED) is 0.860. The molecule has 1 aliphatic heterocycles. The minimum absolute atomic E-state index is 0.189. The van der Waals surface area contributed by atoms with Gasteiger partial charge in [-0.25, -0.2) is 4.39 Å². The summed E-state index contributed by atoms with van der Waals surface area (Å²) in [6, 6.07) is 4.96. The molecular formula is C12H17FN2S. The molecule has 0 amide bonds. The van der Waals surface area contributed by atoms with Crippen molar-refractivity contribution in [3.8, 4) is 0 Å². The molecule has 88 valence electrons. The first-order chi connectivity index (χ1) is 7.70. The molecule has 2 N–H and O–H groups in total. The summed E-state index contributed by atoms with van der Waals surface area (Å²) < 4.78 is 13.7. The summed E-state index contributed by atoms with van der Waals surface area (Å²) >= 11 is 1.95. The standard InChI is InChI=1S/C12H17FN2S/c1-9(14)12-10(13)3-2-4-11(12)15-5-7-16-8-6-15/h2-4,9H,5-8,14H2,1H3/t9-/m1/s1. The number of anilines is 1. The summed E-state index contributed by atoms with van der Waals surface area (Å²) in [4.78, 5) is 2.23. The molecule has 4 heteroatoms. The molecule has 1 aromatic rings. The van der Waals surface area contributed by atoms with E-state index in [4.69, 9.17) is 5.73 Å². The van der Waals surface area contributed by atoms with E-state index in [1.165, 1.54) is 6.07 Å². The monoisotopic (exact) mass is 240 g/mol. The highest BCUT2D eigenvalue weighted by molar-refractivity contribution is 7.99. The zero-order chi connectivity index (χ0) is 11.5. The van der Waals surface area contributed by atoms with Crippen LogP contribution in [0, 0.1) is 5.82 Å². The predicted molar refractivity (Wildman–Crippen MR) is 68.5 cm³/mol. The van der Waals surface area contributed by atoms with E-state index in [0.29, 0.717) is 5.56 Å². The second kappa shape index (κ2) is 5.06. The van der Waals surface area contributed by atoms with Gasteiger partial charge in [0.05, 0.1) is 0 Å². The Kier molecular flexibility index (Phi) is 3.71. The van der Waals surface area contributed by atoms with Crippen LogP contribution in [-0.2, 0) is 0 Å². The average Bonchev–Trinajstić information content (AvgIpc) is 2.29. The Morgan fingerprint density at radius 1 is 1.38 bits per heavy atom. The number of hydrogen-bond donors (Lipinski definition) is 1. The van der Waals surface area contributed by atoms with Crippen molar-refractivity contribution in [3.05, 3.63) is 29.6 Å². The van der Waals surface area contributed by atoms with E-state index >= 15 is 0 Å². The Morgan fingerprint density at radius 2 is 2.06 bits per heavy atom. The van der Waals surface area contributed by atoms with Crippen molar-refractivity contribution >= 4 is 17.4 Å². The van der Waals surface area contributed by atoms with E-state index in [9.17, 15) is 4.39 Å². The molecular weight excluding hydrogens is 223 g/mol. The molecule has 0 aliphatic carbocycles. The Morgan fingerprint density at radius 3 is 2.69 bits per heavy atom. The van der Waals surface area contributed by atoms with E-state index in [1.54, 1.807) is 6.07 Å². The third kappa shape index (κ3) is 2.33. The van der Waals surface area contributed by atoms with Crippen molar-refractivity contribution in [2.75, 3.05) is 29.5 Å². The van der Waals surface area contributed by atoms with Crippen LogP contribution in [0.5, 0.6) is 0 Å². The van der Waals surface area contributed by atoms with Gasteiger partial charge in [-0.3, -0.25) is 0 Å². The van der Waals surface area contributed by atoms with Gasteiger partial charge in [-0.2, -0.15) is 11.8 Å². The maximum absolute atomic E-state index is 13.7. The molecule has 2 rings (SSSR count). The van der Waals surface area contributed by atoms with Crippen LogP contribution in [0.1, 0.15) is 18.5 Å². The van der Waals surface area contributed by atoms with Crippen LogP contribution in [0.3, 0.4) is 0 Å². The van der Waals surface area contributed by atoms with Crippen LogP contribution in [-0.4, -0.2) is 24.6 Å². The van der Waals surface area contributed by atoms with Gasteiger partial charge in [0.2, 0.25) is 0 Å². The molecule has 1 heterocycles. The zero-order valence-electron chi connectivity index (χ0n) is 9.45. The highest BCUT2D eigenvalue weighted by Crippen LogP contribution is 2.29. The molecule has 1 atom stereocenters. The van der Waals surface area contributed by atoms with E-state index in [2.05, 4.69) is 4.90 Å². The average molecular weight is 240 g/mol. The second-order valence-corrected chi connectivity index (χ2v) is 5.29. The second-order valence-electron chi connectivity index (χ2n) is 4.06. The summed E-state index contributed by atoms with van der Waals surface area (Å²) in [6.45, 7) is 3.79. The van der Waals surface area contributed by atoms with Gasteiger partial charge in [-0.05, 0) is 19.1 Å². The van der Waals surface area contributed by atoms with Gasteiger partial charge >= 0.3 is 0 Å². The lowest BCUT2D eigenvalue weighted by molar-refractivity contribution is 0.592. The number of benzene rings is 1. The third-order valence-corrected chi connectivity index (χ3v) is 3.78. The number of nitrogens with two attached hydrogens (primary N) is 1. The molecule has 16 heavy (non-hydrogen) atoms. The van der Waals surface area contributed by atoms with Crippen molar-refractivity contribution in [1.82, 2.24) is 0 Å². The van der Waals surface area contributed by atoms with Crippen molar-refractivity contribution in [2.45, 2.75) is 13.0 Å². The van der Waals surface area contributed by atoms with Gasteiger partial charge in [0, 0.05) is 41.9 Å².